The van der Waals surface area contributed by atoms with Crippen LogP contribution in [0.2, 0.25) is 18.1 Å². The number of hydrogen-bond acceptors (Lipinski definition) is 6. The number of benzene rings is 1. The fourth-order valence-corrected chi connectivity index (χ4v) is 4.28. The number of nitro benzene ring substituents is 1. The molecule has 9 nitrogen and oxygen atoms in total. The van der Waals surface area contributed by atoms with Crippen molar-refractivity contribution in [1.29, 1.82) is 0 Å². The first-order valence-corrected chi connectivity index (χ1v) is 12.3. The lowest BCUT2D eigenvalue weighted by molar-refractivity contribution is -0.384. The summed E-state index contributed by atoms with van der Waals surface area (Å²) in [5.41, 5.74) is 0.0459. The Morgan fingerprint density at radius 2 is 1.86 bits per heavy atom. The van der Waals surface area contributed by atoms with Gasteiger partial charge in [0.05, 0.1) is 22.6 Å². The largest absolute Gasteiger partial charge is 0.465 e. The Balaban J connectivity index is 2.00. The first-order chi connectivity index (χ1) is 13.3. The van der Waals surface area contributed by atoms with E-state index in [1.54, 1.807) is 0 Å². The number of carbonyl (C=O) groups excluding carboxylic acids is 1. The van der Waals surface area contributed by atoms with Crippen molar-refractivity contribution >= 4 is 26.1 Å². The van der Waals surface area contributed by atoms with Crippen molar-refractivity contribution in [2.24, 2.45) is 0 Å². The van der Waals surface area contributed by atoms with Gasteiger partial charge >= 0.3 is 12.1 Å². The molecule has 10 heteroatoms. The Kier molecular flexibility index (Phi) is 6.69. The maximum atomic E-state index is 12.2. The van der Waals surface area contributed by atoms with Gasteiger partial charge in [0.2, 0.25) is 0 Å². The minimum Gasteiger partial charge on any atom is -0.465 e. The van der Waals surface area contributed by atoms with Gasteiger partial charge in [0.25, 0.3) is 5.69 Å². The monoisotopic (exact) mass is 424 g/mol. The molecule has 1 fully saturated rings. The van der Waals surface area contributed by atoms with Crippen molar-refractivity contribution in [3.8, 4) is 0 Å². The predicted octanol–water partition coefficient (Wildman–Crippen LogP) is 3.89. The van der Waals surface area contributed by atoms with Gasteiger partial charge in [-0.25, -0.2) is 9.59 Å². The van der Waals surface area contributed by atoms with Gasteiger partial charge in [0.1, 0.15) is 6.61 Å². The van der Waals surface area contributed by atoms with E-state index in [1.165, 1.54) is 29.2 Å². The van der Waals surface area contributed by atoms with Crippen LogP contribution in [0.4, 0.5) is 10.5 Å². The van der Waals surface area contributed by atoms with Gasteiger partial charge in [0.15, 0.2) is 8.32 Å². The highest BCUT2D eigenvalue weighted by Gasteiger charge is 2.44. The number of non-ortho nitro benzene ring substituents is 1. The maximum Gasteiger partial charge on any atom is 0.407 e. The quantitative estimate of drug-likeness (QED) is 0.318. The summed E-state index contributed by atoms with van der Waals surface area (Å²) in [5, 5.41) is 20.2. The molecule has 0 saturated carbocycles. The second kappa shape index (κ2) is 8.50. The molecule has 29 heavy (non-hydrogen) atoms. The molecule has 0 bridgehead atoms. The fourth-order valence-electron chi connectivity index (χ4n) is 2.92. The van der Waals surface area contributed by atoms with Gasteiger partial charge in [-0.1, -0.05) is 20.8 Å². The second-order valence-electron chi connectivity index (χ2n) is 8.73. The van der Waals surface area contributed by atoms with E-state index in [4.69, 9.17) is 9.16 Å². The molecule has 1 aliphatic heterocycles. The molecular weight excluding hydrogens is 396 g/mol. The van der Waals surface area contributed by atoms with Crippen LogP contribution in [0.15, 0.2) is 24.3 Å². The van der Waals surface area contributed by atoms with Crippen LogP contribution in [-0.2, 0) is 9.16 Å². The molecule has 0 unspecified atom stereocenters. The zero-order valence-corrected chi connectivity index (χ0v) is 18.4. The van der Waals surface area contributed by atoms with E-state index in [0.717, 1.165) is 0 Å². The maximum absolute atomic E-state index is 12.2. The summed E-state index contributed by atoms with van der Waals surface area (Å²) in [5.74, 6) is -0.654. The van der Waals surface area contributed by atoms with E-state index >= 15 is 0 Å². The molecule has 1 saturated heterocycles. The molecule has 1 heterocycles. The molecule has 1 aromatic rings. The van der Waals surface area contributed by atoms with Crippen LogP contribution >= 0.6 is 0 Å². The Hall–Kier alpha value is -2.46. The van der Waals surface area contributed by atoms with E-state index in [-0.39, 0.29) is 35.5 Å². The van der Waals surface area contributed by atoms with Gasteiger partial charge in [0, 0.05) is 18.7 Å². The molecule has 0 aromatic heterocycles. The van der Waals surface area contributed by atoms with Crippen molar-refractivity contribution in [1.82, 2.24) is 4.90 Å². The molecule has 1 N–H and O–H groups in total. The zero-order valence-electron chi connectivity index (χ0n) is 17.4. The summed E-state index contributed by atoms with van der Waals surface area (Å²) in [7, 11) is -2.06. The Bertz CT molecular complexity index is 774. The number of likely N-dealkylation sites (tertiary alicyclic amines) is 1. The number of rotatable bonds is 6. The van der Waals surface area contributed by atoms with E-state index in [2.05, 4.69) is 33.9 Å². The highest BCUT2D eigenvalue weighted by Crippen LogP contribution is 2.39. The third-order valence-electron chi connectivity index (χ3n) is 5.61. The lowest BCUT2D eigenvalue weighted by Gasteiger charge is -2.38. The summed E-state index contributed by atoms with van der Waals surface area (Å²) >= 11 is 0. The molecule has 2 rings (SSSR count). The topological polar surface area (TPSA) is 119 Å². The molecule has 160 valence electrons. The fraction of sp³-hybridized carbons (Fsp3) is 0.579. The third kappa shape index (κ3) is 5.54. The normalized spacial score (nSPS) is 19.8. The molecule has 1 amide bonds. The van der Waals surface area contributed by atoms with Crippen LogP contribution in [-0.4, -0.2) is 60.6 Å². The van der Waals surface area contributed by atoms with Crippen molar-refractivity contribution in [3.63, 3.8) is 0 Å². The number of carboxylic acid groups (broad SMARTS) is 1. The molecule has 0 radical (unpaired) electrons. The number of amides is 1. The third-order valence-corrected chi connectivity index (χ3v) is 10.1. The molecule has 1 aromatic carbocycles. The Morgan fingerprint density at radius 3 is 2.34 bits per heavy atom. The van der Waals surface area contributed by atoms with E-state index < -0.39 is 31.3 Å². The van der Waals surface area contributed by atoms with Crippen molar-refractivity contribution in [2.45, 2.75) is 57.5 Å². The smallest absolute Gasteiger partial charge is 0.407 e. The lowest BCUT2D eigenvalue weighted by atomic mass is 10.2. The first-order valence-electron chi connectivity index (χ1n) is 9.41. The van der Waals surface area contributed by atoms with E-state index in [9.17, 15) is 24.8 Å². The molecule has 2 atom stereocenters. The number of nitro groups is 1. The van der Waals surface area contributed by atoms with Crippen LogP contribution in [0, 0.1) is 10.1 Å². The second-order valence-corrected chi connectivity index (χ2v) is 13.5. The highest BCUT2D eigenvalue weighted by atomic mass is 28.4. The predicted molar refractivity (Wildman–Crippen MR) is 109 cm³/mol. The van der Waals surface area contributed by atoms with Crippen LogP contribution in [0.25, 0.3) is 0 Å². The SMILES string of the molecule is CC(C)(C)[Si](C)(C)O[C@@H]1C[C@@H](COC(=O)c2ccc([N+](=O)[O-])cc2)N(C(=O)O)C1. The van der Waals surface area contributed by atoms with Gasteiger partial charge in [-0.15, -0.1) is 0 Å². The number of esters is 1. The Labute approximate surface area is 170 Å². The molecular formula is C19H28N2O7Si. The number of nitrogens with zero attached hydrogens (tertiary/aromatic N) is 2. The van der Waals surface area contributed by atoms with Crippen LogP contribution in [0.1, 0.15) is 37.6 Å². The average molecular weight is 425 g/mol. The summed E-state index contributed by atoms with van der Waals surface area (Å²) < 4.78 is 11.6. The average Bonchev–Trinajstić information content (AvgIpc) is 3.01. The van der Waals surface area contributed by atoms with Gasteiger partial charge in [-0.3, -0.25) is 15.0 Å². The number of carbonyl (C=O) groups is 2. The summed E-state index contributed by atoms with van der Waals surface area (Å²) in [6.45, 7) is 10.7. The molecule has 0 aliphatic carbocycles. The highest BCUT2D eigenvalue weighted by molar-refractivity contribution is 6.74. The van der Waals surface area contributed by atoms with Crippen LogP contribution in [0.3, 0.4) is 0 Å². The van der Waals surface area contributed by atoms with Gasteiger partial charge in [-0.05, 0) is 36.7 Å². The lowest BCUT2D eigenvalue weighted by Crippen LogP contribution is -2.44. The van der Waals surface area contributed by atoms with Gasteiger partial charge in [-0.2, -0.15) is 0 Å². The Morgan fingerprint density at radius 1 is 1.28 bits per heavy atom. The van der Waals surface area contributed by atoms with Gasteiger partial charge < -0.3 is 14.3 Å². The minimum atomic E-state index is -2.06. The number of ether oxygens (including phenoxy) is 1. The van der Waals surface area contributed by atoms with Crippen LogP contribution in [0.5, 0.6) is 0 Å². The standard InChI is InChI=1S/C19H28N2O7Si/c1-19(2,3)29(4,5)28-16-10-15(20(11-16)18(23)24)12-27-17(22)13-6-8-14(9-7-13)21(25)26/h6-9,15-16H,10-12H2,1-5H3,(H,23,24)/t15-,16+/m0/s1. The molecule has 0 spiro atoms. The first kappa shape index (κ1) is 22.8. The minimum absolute atomic E-state index is 0.00151. The van der Waals surface area contributed by atoms with Crippen LogP contribution < -0.4 is 0 Å². The van der Waals surface area contributed by atoms with E-state index in [0.29, 0.717) is 6.42 Å². The summed E-state index contributed by atoms with van der Waals surface area (Å²) in [6, 6.07) is 4.57. The van der Waals surface area contributed by atoms with Crippen molar-refractivity contribution < 1.29 is 28.8 Å². The summed E-state index contributed by atoms with van der Waals surface area (Å²) in [4.78, 5) is 35.2. The van der Waals surface area contributed by atoms with Crippen molar-refractivity contribution in [3.05, 3.63) is 39.9 Å². The molecule has 1 aliphatic rings. The number of hydrogen-bond donors (Lipinski definition) is 1. The summed E-state index contributed by atoms with van der Waals surface area (Å²) in [6.07, 6.45) is -0.871. The van der Waals surface area contributed by atoms with Crippen molar-refractivity contribution in [2.75, 3.05) is 13.2 Å². The van der Waals surface area contributed by atoms with E-state index in [1.807, 2.05) is 0 Å². The zero-order chi connectivity index (χ0) is 22.0.